The van der Waals surface area contributed by atoms with Gasteiger partial charge in [-0.3, -0.25) is 0 Å². The van der Waals surface area contributed by atoms with Gasteiger partial charge in [0.2, 0.25) is 10.0 Å². The smallest absolute Gasteiger partial charge is 0.242 e. The van der Waals surface area contributed by atoms with Gasteiger partial charge in [-0.25, -0.2) is 17.5 Å². The zero-order chi connectivity index (χ0) is 12.9. The van der Waals surface area contributed by atoms with E-state index < -0.39 is 15.8 Å². The fourth-order valence-corrected chi connectivity index (χ4v) is 2.79. The summed E-state index contributed by atoms with van der Waals surface area (Å²) in [6, 6.07) is 3.16. The summed E-state index contributed by atoms with van der Waals surface area (Å²) in [5.41, 5.74) is 0. The van der Waals surface area contributed by atoms with Gasteiger partial charge in [0.1, 0.15) is 10.7 Å². The zero-order valence-electron chi connectivity index (χ0n) is 8.99. The Kier molecular flexibility index (Phi) is 5.32. The topological polar surface area (TPSA) is 66.4 Å². The molecule has 0 saturated carbocycles. The molecule has 0 aliphatic heterocycles. The lowest BCUT2D eigenvalue weighted by molar-refractivity contribution is 0.285. The summed E-state index contributed by atoms with van der Waals surface area (Å²) in [5, 5.41) is 8.52. The highest BCUT2D eigenvalue weighted by Crippen LogP contribution is 2.21. The molecular weight excluding hydrogens is 269 g/mol. The van der Waals surface area contributed by atoms with Gasteiger partial charge in [0.05, 0.1) is 5.02 Å². The van der Waals surface area contributed by atoms with Crippen LogP contribution in [0.5, 0.6) is 0 Å². The summed E-state index contributed by atoms with van der Waals surface area (Å²) in [5.74, 6) is -0.662. The highest BCUT2D eigenvalue weighted by molar-refractivity contribution is 7.89. The van der Waals surface area contributed by atoms with Crippen molar-refractivity contribution in [3.63, 3.8) is 0 Å². The normalized spacial score (nSPS) is 11.7. The molecule has 0 atom stereocenters. The van der Waals surface area contributed by atoms with Gasteiger partial charge >= 0.3 is 0 Å². The van der Waals surface area contributed by atoms with Crippen LogP contribution in [0.3, 0.4) is 0 Å². The van der Waals surface area contributed by atoms with Crippen LogP contribution in [-0.4, -0.2) is 26.7 Å². The van der Waals surface area contributed by atoms with E-state index in [0.717, 1.165) is 12.1 Å². The molecule has 2 N–H and O–H groups in total. The second-order valence-electron chi connectivity index (χ2n) is 3.40. The molecule has 1 rings (SSSR count). The van der Waals surface area contributed by atoms with Crippen molar-refractivity contribution in [3.05, 3.63) is 29.0 Å². The van der Waals surface area contributed by atoms with Crippen molar-refractivity contribution in [2.75, 3.05) is 13.2 Å². The lowest BCUT2D eigenvalue weighted by Crippen LogP contribution is -2.25. The lowest BCUT2D eigenvalue weighted by Gasteiger charge is -2.07. The third-order valence-electron chi connectivity index (χ3n) is 2.06. The zero-order valence-corrected chi connectivity index (χ0v) is 10.6. The Morgan fingerprint density at radius 3 is 2.71 bits per heavy atom. The molecule has 1 aromatic carbocycles. The predicted molar refractivity (Wildman–Crippen MR) is 62.9 cm³/mol. The summed E-state index contributed by atoms with van der Waals surface area (Å²) in [6.07, 6.45) is 1.00. The van der Waals surface area contributed by atoms with Crippen molar-refractivity contribution in [2.24, 2.45) is 0 Å². The Balaban J connectivity index is 2.79. The minimum absolute atomic E-state index is 0.00243. The number of unbranched alkanes of at least 4 members (excludes halogenated alkanes) is 1. The minimum atomic E-state index is -3.80. The molecule has 0 amide bonds. The number of benzene rings is 1. The highest BCUT2D eigenvalue weighted by Gasteiger charge is 2.17. The quantitative estimate of drug-likeness (QED) is 0.777. The molecule has 0 aliphatic rings. The van der Waals surface area contributed by atoms with E-state index in [0.29, 0.717) is 12.8 Å². The van der Waals surface area contributed by atoms with E-state index in [1.54, 1.807) is 0 Å². The highest BCUT2D eigenvalue weighted by atomic mass is 35.5. The van der Waals surface area contributed by atoms with Crippen LogP contribution in [0.15, 0.2) is 23.1 Å². The van der Waals surface area contributed by atoms with E-state index in [2.05, 4.69) is 4.72 Å². The Bertz CT molecular complexity index is 478. The Labute approximate surface area is 104 Å². The average molecular weight is 282 g/mol. The van der Waals surface area contributed by atoms with Crippen LogP contribution in [0, 0.1) is 5.82 Å². The minimum Gasteiger partial charge on any atom is -0.396 e. The van der Waals surface area contributed by atoms with Gasteiger partial charge in [0, 0.05) is 13.2 Å². The third-order valence-corrected chi connectivity index (χ3v) is 4.00. The SMILES string of the molecule is O=S(=O)(NCCCCO)c1cc(F)ccc1Cl. The van der Waals surface area contributed by atoms with Crippen molar-refractivity contribution in [3.8, 4) is 0 Å². The first-order valence-corrected chi connectivity index (χ1v) is 6.89. The Morgan fingerprint density at radius 2 is 2.06 bits per heavy atom. The van der Waals surface area contributed by atoms with E-state index in [9.17, 15) is 12.8 Å². The van der Waals surface area contributed by atoms with Gasteiger partial charge in [0.15, 0.2) is 0 Å². The van der Waals surface area contributed by atoms with E-state index >= 15 is 0 Å². The molecule has 4 nitrogen and oxygen atoms in total. The lowest BCUT2D eigenvalue weighted by atomic mass is 10.3. The van der Waals surface area contributed by atoms with Crippen LogP contribution in [-0.2, 0) is 10.0 Å². The molecule has 0 aliphatic carbocycles. The molecule has 0 heterocycles. The van der Waals surface area contributed by atoms with E-state index in [1.165, 1.54) is 6.07 Å². The second kappa shape index (κ2) is 6.30. The predicted octanol–water partition coefficient (Wildman–Crippen LogP) is 1.53. The summed E-state index contributed by atoms with van der Waals surface area (Å²) in [7, 11) is -3.80. The van der Waals surface area contributed by atoms with Crippen LogP contribution in [0.2, 0.25) is 5.02 Å². The molecule has 0 radical (unpaired) electrons. The van der Waals surface area contributed by atoms with Gasteiger partial charge < -0.3 is 5.11 Å². The monoisotopic (exact) mass is 281 g/mol. The first-order chi connectivity index (χ1) is 7.97. The van der Waals surface area contributed by atoms with Crippen molar-refractivity contribution in [1.82, 2.24) is 4.72 Å². The van der Waals surface area contributed by atoms with Gasteiger partial charge in [-0.05, 0) is 31.0 Å². The summed E-state index contributed by atoms with van der Waals surface area (Å²) in [6.45, 7) is 0.179. The van der Waals surface area contributed by atoms with Crippen LogP contribution in [0.25, 0.3) is 0 Å². The Morgan fingerprint density at radius 1 is 1.35 bits per heavy atom. The Hall–Kier alpha value is -0.690. The van der Waals surface area contributed by atoms with Crippen LogP contribution in [0.4, 0.5) is 4.39 Å². The fraction of sp³-hybridized carbons (Fsp3) is 0.400. The number of halogens is 2. The largest absolute Gasteiger partial charge is 0.396 e. The fourth-order valence-electron chi connectivity index (χ4n) is 1.20. The molecule has 0 bridgehead atoms. The van der Waals surface area contributed by atoms with E-state index in [-0.39, 0.29) is 23.1 Å². The maximum atomic E-state index is 12.9. The number of hydrogen-bond donors (Lipinski definition) is 2. The molecule has 0 aromatic heterocycles. The van der Waals surface area contributed by atoms with Gasteiger partial charge in [0.25, 0.3) is 0 Å². The number of nitrogens with one attached hydrogen (secondary N) is 1. The second-order valence-corrected chi connectivity index (χ2v) is 5.55. The molecule has 96 valence electrons. The number of rotatable bonds is 6. The van der Waals surface area contributed by atoms with Crippen LogP contribution >= 0.6 is 11.6 Å². The van der Waals surface area contributed by atoms with E-state index in [4.69, 9.17) is 16.7 Å². The standard InChI is InChI=1S/C10H13ClFNO3S/c11-9-4-3-8(12)7-10(9)17(15,16)13-5-1-2-6-14/h3-4,7,13-14H,1-2,5-6H2. The summed E-state index contributed by atoms with van der Waals surface area (Å²) < 4.78 is 38.7. The molecule has 0 unspecified atom stereocenters. The van der Waals surface area contributed by atoms with Gasteiger partial charge in [-0.2, -0.15) is 0 Å². The molecular formula is C10H13ClFNO3S. The molecule has 0 spiro atoms. The molecule has 7 heteroatoms. The van der Waals surface area contributed by atoms with Crippen molar-refractivity contribution >= 4 is 21.6 Å². The molecule has 17 heavy (non-hydrogen) atoms. The summed E-state index contributed by atoms with van der Waals surface area (Å²) in [4.78, 5) is -0.275. The maximum absolute atomic E-state index is 12.9. The number of hydrogen-bond acceptors (Lipinski definition) is 3. The van der Waals surface area contributed by atoms with Gasteiger partial charge in [-0.15, -0.1) is 0 Å². The average Bonchev–Trinajstić information content (AvgIpc) is 2.28. The van der Waals surface area contributed by atoms with Crippen molar-refractivity contribution < 1.29 is 17.9 Å². The molecule has 0 fully saturated rings. The van der Waals surface area contributed by atoms with Crippen LogP contribution < -0.4 is 4.72 Å². The molecule has 0 saturated heterocycles. The number of aliphatic hydroxyl groups excluding tert-OH is 1. The number of sulfonamides is 1. The van der Waals surface area contributed by atoms with Crippen molar-refractivity contribution in [1.29, 1.82) is 0 Å². The molecule has 1 aromatic rings. The first-order valence-electron chi connectivity index (χ1n) is 5.03. The van der Waals surface area contributed by atoms with E-state index in [1.807, 2.05) is 0 Å². The maximum Gasteiger partial charge on any atom is 0.242 e. The number of aliphatic hydroxyl groups is 1. The van der Waals surface area contributed by atoms with Gasteiger partial charge in [-0.1, -0.05) is 11.6 Å². The summed E-state index contributed by atoms with van der Waals surface area (Å²) >= 11 is 5.69. The van der Waals surface area contributed by atoms with Crippen molar-refractivity contribution in [2.45, 2.75) is 17.7 Å². The first kappa shape index (κ1) is 14.4. The van der Waals surface area contributed by atoms with Crippen LogP contribution in [0.1, 0.15) is 12.8 Å². The third kappa shape index (κ3) is 4.23.